The molecule has 146 valence electrons. The van der Waals surface area contributed by atoms with Gasteiger partial charge in [-0.15, -0.1) is 5.10 Å². The summed E-state index contributed by atoms with van der Waals surface area (Å²) in [6.45, 7) is 4.44. The first-order valence-corrected chi connectivity index (χ1v) is 9.82. The van der Waals surface area contributed by atoms with Crippen molar-refractivity contribution in [2.45, 2.75) is 65.2 Å². The molecule has 0 aliphatic carbocycles. The summed E-state index contributed by atoms with van der Waals surface area (Å²) in [6, 6.07) is 8.28. The molecule has 1 aromatic carbocycles. The molecule has 6 nitrogen and oxygen atoms in total. The average Bonchev–Trinajstić information content (AvgIpc) is 3.09. The maximum absolute atomic E-state index is 8.67. The molecule has 0 spiro atoms. The number of aryl methyl sites for hydroxylation is 2. The number of para-hydroxylation sites is 2. The number of nitrogens with zero attached hydrogens (tertiary/aromatic N) is 3. The molecule has 0 atom stereocenters. The Morgan fingerprint density at radius 2 is 1.52 bits per heavy atom. The van der Waals surface area contributed by atoms with Gasteiger partial charge in [0.25, 0.3) is 0 Å². The molecule has 3 N–H and O–H groups in total. The van der Waals surface area contributed by atoms with Gasteiger partial charge < -0.3 is 10.2 Å². The van der Waals surface area contributed by atoms with E-state index in [0.717, 1.165) is 29.9 Å². The van der Waals surface area contributed by atoms with Crippen molar-refractivity contribution >= 4 is 0 Å². The van der Waals surface area contributed by atoms with Crippen LogP contribution in [0.15, 0.2) is 30.3 Å². The minimum atomic E-state index is -0.0764. The fraction of sp³-hybridized carbons (Fsp3) is 0.476. The Kier molecular flexibility index (Phi) is 8.55. The van der Waals surface area contributed by atoms with Crippen molar-refractivity contribution in [2.75, 3.05) is 0 Å². The first kappa shape index (κ1) is 20.7. The zero-order valence-corrected chi connectivity index (χ0v) is 16.3. The van der Waals surface area contributed by atoms with Gasteiger partial charge in [0.2, 0.25) is 0 Å². The molecule has 0 saturated heterocycles. The highest BCUT2D eigenvalue weighted by atomic mass is 16.3. The van der Waals surface area contributed by atoms with Crippen LogP contribution in [0.25, 0.3) is 11.4 Å². The van der Waals surface area contributed by atoms with Crippen molar-refractivity contribution in [2.24, 2.45) is 0 Å². The number of phenols is 2. The SMILES string of the molecule is CCCCCc1cc2[nH]nnc(CCCCC)c-2n1.Oc1ccccc1O. The van der Waals surface area contributed by atoms with Crippen LogP contribution in [0.2, 0.25) is 0 Å². The Morgan fingerprint density at radius 1 is 0.889 bits per heavy atom. The topological polar surface area (TPSA) is 94.9 Å². The second-order valence-corrected chi connectivity index (χ2v) is 6.67. The average molecular weight is 370 g/mol. The predicted molar refractivity (Wildman–Crippen MR) is 107 cm³/mol. The molecular formula is C21H30N4O2. The van der Waals surface area contributed by atoms with Crippen LogP contribution in [0.1, 0.15) is 63.8 Å². The standard InChI is InChI=1S/C15H24N4.C6H6O2/c1-3-5-7-9-12-11-14-15(16-12)13(17-19-18-14)10-8-6-4-2;7-5-3-1-2-4-6(5)8/h11H,3-10H2,1-2H3,(H,17,18);1-4,7-8H. The van der Waals surface area contributed by atoms with E-state index in [1.165, 1.54) is 56.4 Å². The largest absolute Gasteiger partial charge is 0.504 e. The first-order valence-electron chi connectivity index (χ1n) is 9.82. The smallest absolute Gasteiger partial charge is 0.157 e. The maximum atomic E-state index is 8.67. The molecule has 6 heteroatoms. The Morgan fingerprint density at radius 3 is 2.11 bits per heavy atom. The van der Waals surface area contributed by atoms with Crippen LogP contribution in [0.4, 0.5) is 0 Å². The van der Waals surface area contributed by atoms with Gasteiger partial charge in [0.1, 0.15) is 5.69 Å². The van der Waals surface area contributed by atoms with Crippen LogP contribution < -0.4 is 0 Å². The molecule has 0 radical (unpaired) electrons. The lowest BCUT2D eigenvalue weighted by atomic mass is 10.1. The molecule has 1 aromatic rings. The lowest BCUT2D eigenvalue weighted by molar-refractivity contribution is 0.404. The molecule has 3 rings (SSSR count). The highest BCUT2D eigenvalue weighted by molar-refractivity contribution is 5.59. The molecule has 2 heterocycles. The van der Waals surface area contributed by atoms with Gasteiger partial charge in [0.05, 0.1) is 11.4 Å². The van der Waals surface area contributed by atoms with Crippen LogP contribution >= 0.6 is 0 Å². The van der Waals surface area contributed by atoms with E-state index < -0.39 is 0 Å². The van der Waals surface area contributed by atoms with Crippen molar-refractivity contribution in [3.63, 3.8) is 0 Å². The third-order valence-electron chi connectivity index (χ3n) is 4.37. The fourth-order valence-corrected chi connectivity index (χ4v) is 2.82. The Labute approximate surface area is 161 Å². The van der Waals surface area contributed by atoms with Crippen molar-refractivity contribution in [1.82, 2.24) is 20.4 Å². The Hall–Kier alpha value is -2.63. The number of hydrogen-bond acceptors (Lipinski definition) is 5. The van der Waals surface area contributed by atoms with Gasteiger partial charge in [-0.25, -0.2) is 4.98 Å². The fourth-order valence-electron chi connectivity index (χ4n) is 2.82. The number of aromatic nitrogens is 4. The number of H-pyrrole nitrogens is 1. The van der Waals surface area contributed by atoms with Gasteiger partial charge in [-0.1, -0.05) is 56.9 Å². The van der Waals surface area contributed by atoms with Crippen LogP contribution in [0, 0.1) is 0 Å². The van der Waals surface area contributed by atoms with E-state index in [2.05, 4.69) is 35.3 Å². The van der Waals surface area contributed by atoms with Crippen LogP contribution in [-0.2, 0) is 12.8 Å². The Balaban J connectivity index is 0.000000273. The van der Waals surface area contributed by atoms with E-state index in [-0.39, 0.29) is 11.5 Å². The molecule has 0 bridgehead atoms. The van der Waals surface area contributed by atoms with Gasteiger partial charge in [-0.2, -0.15) is 0 Å². The number of aromatic hydroxyl groups is 2. The quantitative estimate of drug-likeness (QED) is 0.388. The first-order chi connectivity index (χ1) is 13.2. The number of benzene rings is 1. The number of fused-ring (bicyclic) bond motifs is 1. The lowest BCUT2D eigenvalue weighted by Crippen LogP contribution is -2.01. The third kappa shape index (κ3) is 6.55. The van der Waals surface area contributed by atoms with Crippen molar-refractivity contribution in [3.8, 4) is 22.9 Å². The summed E-state index contributed by atoms with van der Waals surface area (Å²) < 4.78 is 0. The Bertz CT molecular complexity index is 752. The monoisotopic (exact) mass is 370 g/mol. The third-order valence-corrected chi connectivity index (χ3v) is 4.37. The second-order valence-electron chi connectivity index (χ2n) is 6.67. The van der Waals surface area contributed by atoms with Gasteiger partial charge in [0.15, 0.2) is 11.5 Å². The summed E-state index contributed by atoms with van der Waals surface area (Å²) >= 11 is 0. The zero-order chi connectivity index (χ0) is 19.5. The number of hydrogen-bond donors (Lipinski definition) is 3. The molecular weight excluding hydrogens is 340 g/mol. The number of unbranched alkanes of at least 4 members (excludes halogenated alkanes) is 4. The summed E-state index contributed by atoms with van der Waals surface area (Å²) in [5.41, 5.74) is 4.28. The van der Waals surface area contributed by atoms with Gasteiger partial charge >= 0.3 is 0 Å². The molecule has 2 aliphatic rings. The van der Waals surface area contributed by atoms with Crippen LogP contribution in [0.5, 0.6) is 11.5 Å². The van der Waals surface area contributed by atoms with E-state index >= 15 is 0 Å². The van der Waals surface area contributed by atoms with Crippen molar-refractivity contribution in [1.29, 1.82) is 0 Å². The normalized spacial score (nSPS) is 10.6. The van der Waals surface area contributed by atoms with Gasteiger partial charge in [-0.3, -0.25) is 5.10 Å². The van der Waals surface area contributed by atoms with Crippen LogP contribution in [-0.4, -0.2) is 30.6 Å². The van der Waals surface area contributed by atoms with Gasteiger partial charge in [-0.05, 0) is 43.9 Å². The molecule has 0 amide bonds. The number of nitrogens with one attached hydrogen (secondary N) is 1. The summed E-state index contributed by atoms with van der Waals surface area (Å²) in [4.78, 5) is 4.73. The maximum Gasteiger partial charge on any atom is 0.157 e. The van der Waals surface area contributed by atoms with Crippen molar-refractivity contribution in [3.05, 3.63) is 41.7 Å². The van der Waals surface area contributed by atoms with E-state index in [4.69, 9.17) is 15.2 Å². The molecule has 2 aliphatic heterocycles. The zero-order valence-electron chi connectivity index (χ0n) is 16.3. The predicted octanol–water partition coefficient (Wildman–Crippen LogP) is 4.87. The van der Waals surface area contributed by atoms with E-state index in [0.29, 0.717) is 0 Å². The molecule has 0 saturated carbocycles. The molecule has 27 heavy (non-hydrogen) atoms. The number of aromatic amines is 1. The second kappa shape index (κ2) is 11.2. The summed E-state index contributed by atoms with van der Waals surface area (Å²) in [5.74, 6) is -0.153. The lowest BCUT2D eigenvalue weighted by Gasteiger charge is -2.03. The number of phenolic OH excluding ortho intramolecular Hbond substituents is 2. The molecule has 0 fully saturated rings. The summed E-state index contributed by atoms with van der Waals surface area (Å²) in [7, 11) is 0. The van der Waals surface area contributed by atoms with Crippen LogP contribution in [0.3, 0.4) is 0 Å². The van der Waals surface area contributed by atoms with Crippen molar-refractivity contribution < 1.29 is 10.2 Å². The summed E-state index contributed by atoms with van der Waals surface area (Å²) in [5, 5.41) is 28.5. The van der Waals surface area contributed by atoms with E-state index in [1.807, 2.05) is 0 Å². The highest BCUT2D eigenvalue weighted by Gasteiger charge is 2.15. The minimum absolute atomic E-state index is 0.0764. The minimum Gasteiger partial charge on any atom is -0.504 e. The van der Waals surface area contributed by atoms with E-state index in [9.17, 15) is 0 Å². The molecule has 0 unspecified atom stereocenters. The number of rotatable bonds is 8. The highest BCUT2D eigenvalue weighted by Crippen LogP contribution is 2.24. The van der Waals surface area contributed by atoms with Gasteiger partial charge in [0, 0.05) is 5.69 Å². The molecule has 0 aromatic heterocycles. The summed E-state index contributed by atoms with van der Waals surface area (Å²) in [6.07, 6.45) is 9.42. The van der Waals surface area contributed by atoms with E-state index in [1.54, 1.807) is 12.1 Å².